The fourth-order valence-corrected chi connectivity index (χ4v) is 0.297. The van der Waals surface area contributed by atoms with Gasteiger partial charge in [-0.05, 0) is 0 Å². The van der Waals surface area contributed by atoms with Gasteiger partial charge in [-0.2, -0.15) is 0 Å². The summed E-state index contributed by atoms with van der Waals surface area (Å²) in [6.07, 6.45) is 0. The Hall–Kier alpha value is 0.530. The highest BCUT2D eigenvalue weighted by atomic mass is 79.9. The number of halogens is 3. The van der Waals surface area contributed by atoms with Crippen molar-refractivity contribution in [3.8, 4) is 0 Å². The molecular weight excluding hydrogens is 219 g/mol. The number of rotatable bonds is 2. The molecule has 0 aliphatic heterocycles. The molecule has 0 aromatic carbocycles. The average molecular weight is 222 g/mol. The Labute approximate surface area is 64.9 Å². The van der Waals surface area contributed by atoms with Crippen LogP contribution in [0.3, 0.4) is 0 Å². The van der Waals surface area contributed by atoms with E-state index in [9.17, 15) is 4.79 Å². The number of carboxylic acids is 1. The lowest BCUT2D eigenvalue weighted by Gasteiger charge is -2.07. The van der Waals surface area contributed by atoms with Gasteiger partial charge in [0.25, 0.3) is 0 Å². The Morgan fingerprint density at radius 2 is 2.12 bits per heavy atom. The van der Waals surface area contributed by atoms with Crippen molar-refractivity contribution in [3.05, 3.63) is 0 Å². The molecule has 0 spiro atoms. The Kier molecular flexibility index (Phi) is 3.09. The van der Waals surface area contributed by atoms with Crippen LogP contribution in [-0.2, 0) is 4.79 Å². The second-order valence-corrected chi connectivity index (χ2v) is 3.19. The molecule has 0 aliphatic rings. The van der Waals surface area contributed by atoms with Crippen molar-refractivity contribution in [2.45, 2.75) is 4.33 Å². The normalized spacial score (nSPS) is 11.4. The summed E-state index contributed by atoms with van der Waals surface area (Å²) in [5.74, 6) is -1.24. The minimum Gasteiger partial charge on any atom is -0.479 e. The van der Waals surface area contributed by atoms with E-state index < -0.39 is 10.3 Å². The number of aliphatic carboxylic acids is 1. The first-order valence-electron chi connectivity index (χ1n) is 1.68. The molecule has 0 radical (unpaired) electrons. The van der Waals surface area contributed by atoms with Gasteiger partial charge in [0.2, 0.25) is 4.33 Å². The summed E-state index contributed by atoms with van der Waals surface area (Å²) in [6, 6.07) is 0. The lowest BCUT2D eigenvalue weighted by molar-refractivity contribution is -0.137. The highest BCUT2D eigenvalue weighted by Gasteiger charge is 2.31. The summed E-state index contributed by atoms with van der Waals surface area (Å²) in [6.45, 7) is 0. The first-order chi connectivity index (χ1) is 3.50. The van der Waals surface area contributed by atoms with Crippen LogP contribution in [0, 0.1) is 0 Å². The van der Waals surface area contributed by atoms with E-state index in [0.717, 1.165) is 0 Å². The Morgan fingerprint density at radius 1 is 1.75 bits per heavy atom. The molecule has 0 aromatic heterocycles. The molecule has 8 heavy (non-hydrogen) atoms. The average Bonchev–Trinajstić information content (AvgIpc) is 1.67. The first-order valence-corrected chi connectivity index (χ1v) is 3.55. The summed E-state index contributed by atoms with van der Waals surface area (Å²) < 4.78 is -1.68. The molecule has 0 bridgehead atoms. The Balaban J connectivity index is 3.91. The zero-order valence-corrected chi connectivity index (χ0v) is 6.79. The van der Waals surface area contributed by atoms with Gasteiger partial charge in [-0.15, -0.1) is 0 Å². The topological polar surface area (TPSA) is 37.3 Å². The lowest BCUT2D eigenvalue weighted by atomic mass is 10.5. The molecule has 1 N–H and O–H groups in total. The summed E-state index contributed by atoms with van der Waals surface area (Å²) >= 11 is 13.2. The van der Waals surface area contributed by atoms with Crippen molar-refractivity contribution in [2.75, 3.05) is 5.33 Å². The molecule has 0 rings (SSSR count). The lowest BCUT2D eigenvalue weighted by Crippen LogP contribution is -2.26. The number of alkyl halides is 3. The van der Waals surface area contributed by atoms with Gasteiger partial charge in [0.1, 0.15) is 0 Å². The summed E-state index contributed by atoms with van der Waals surface area (Å²) in [5.41, 5.74) is 0. The van der Waals surface area contributed by atoms with Crippen molar-refractivity contribution in [1.82, 2.24) is 0 Å². The summed E-state index contributed by atoms with van der Waals surface area (Å²) in [4.78, 5) is 9.96. The third-order valence-corrected chi connectivity index (χ3v) is 2.56. The molecule has 0 amide bonds. The second-order valence-electron chi connectivity index (χ2n) is 1.14. The Morgan fingerprint density at radius 3 is 2.12 bits per heavy atom. The number of carbonyl (C=O) groups is 1. The maximum absolute atomic E-state index is 9.96. The van der Waals surface area contributed by atoms with Crippen molar-refractivity contribution >= 4 is 45.1 Å². The smallest absolute Gasteiger partial charge is 0.341 e. The molecule has 48 valence electrons. The highest BCUT2D eigenvalue weighted by molar-refractivity contribution is 9.09. The molecule has 0 saturated heterocycles. The molecule has 0 aliphatic carbocycles. The fourth-order valence-electron chi connectivity index (χ4n) is 0.0572. The van der Waals surface area contributed by atoms with Gasteiger partial charge in [-0.25, -0.2) is 4.79 Å². The van der Waals surface area contributed by atoms with Crippen LogP contribution < -0.4 is 0 Å². The number of hydrogen-bond acceptors (Lipinski definition) is 1. The monoisotopic (exact) mass is 220 g/mol. The van der Waals surface area contributed by atoms with Gasteiger partial charge < -0.3 is 5.11 Å². The predicted octanol–water partition coefficient (Wildman–Crippen LogP) is 1.64. The van der Waals surface area contributed by atoms with Gasteiger partial charge in [0.15, 0.2) is 0 Å². The molecule has 5 heteroatoms. The van der Waals surface area contributed by atoms with Crippen LogP contribution in [-0.4, -0.2) is 20.7 Å². The second kappa shape index (κ2) is 2.90. The van der Waals surface area contributed by atoms with Crippen LogP contribution in [0.25, 0.3) is 0 Å². The van der Waals surface area contributed by atoms with Crippen molar-refractivity contribution in [2.24, 2.45) is 0 Å². The summed E-state index contributed by atoms with van der Waals surface area (Å²) in [5, 5.41) is 8.17. The van der Waals surface area contributed by atoms with Crippen LogP contribution in [0.2, 0.25) is 0 Å². The van der Waals surface area contributed by atoms with Crippen molar-refractivity contribution in [1.29, 1.82) is 0 Å². The van der Waals surface area contributed by atoms with Gasteiger partial charge in [0, 0.05) is 5.33 Å². The van der Waals surface area contributed by atoms with Crippen LogP contribution >= 0.6 is 39.1 Å². The molecule has 0 aromatic rings. The molecule has 0 saturated carbocycles. The molecule has 0 heterocycles. The third kappa shape index (κ3) is 2.20. The Bertz CT molecular complexity index is 103. The molecule has 2 nitrogen and oxygen atoms in total. The third-order valence-electron chi connectivity index (χ3n) is 0.481. The quantitative estimate of drug-likeness (QED) is 0.721. The van der Waals surface area contributed by atoms with Crippen molar-refractivity contribution < 1.29 is 9.90 Å². The zero-order valence-electron chi connectivity index (χ0n) is 3.70. The molecule has 0 fully saturated rings. The van der Waals surface area contributed by atoms with E-state index in [0.29, 0.717) is 0 Å². The molecule has 0 atom stereocenters. The van der Waals surface area contributed by atoms with Crippen LogP contribution in [0.4, 0.5) is 0 Å². The zero-order chi connectivity index (χ0) is 6.78. The molecule has 0 unspecified atom stereocenters. The van der Waals surface area contributed by atoms with E-state index >= 15 is 0 Å². The highest BCUT2D eigenvalue weighted by Crippen LogP contribution is 2.22. The van der Waals surface area contributed by atoms with Gasteiger partial charge in [-0.3, -0.25) is 0 Å². The molecular formula is C3H3BrCl2O2. The van der Waals surface area contributed by atoms with Gasteiger partial charge in [-0.1, -0.05) is 39.1 Å². The van der Waals surface area contributed by atoms with E-state index in [1.807, 2.05) is 0 Å². The van der Waals surface area contributed by atoms with E-state index in [-0.39, 0.29) is 5.33 Å². The first kappa shape index (κ1) is 8.53. The number of hydrogen-bond donors (Lipinski definition) is 1. The van der Waals surface area contributed by atoms with Crippen molar-refractivity contribution in [3.63, 3.8) is 0 Å². The minimum atomic E-state index is -1.68. The summed E-state index contributed by atoms with van der Waals surface area (Å²) in [7, 11) is 0. The largest absolute Gasteiger partial charge is 0.479 e. The SMILES string of the molecule is O=C(O)C(Cl)(Cl)CBr. The van der Waals surface area contributed by atoms with Gasteiger partial charge >= 0.3 is 5.97 Å². The standard InChI is InChI=1S/C3H3BrCl2O2/c4-1-3(5,6)2(7)8/h1H2,(H,7,8). The van der Waals surface area contributed by atoms with Crippen LogP contribution in [0.5, 0.6) is 0 Å². The van der Waals surface area contributed by atoms with E-state index in [4.69, 9.17) is 28.3 Å². The van der Waals surface area contributed by atoms with E-state index in [1.54, 1.807) is 0 Å². The maximum atomic E-state index is 9.96. The van der Waals surface area contributed by atoms with Crippen LogP contribution in [0.1, 0.15) is 0 Å². The van der Waals surface area contributed by atoms with E-state index in [2.05, 4.69) is 15.9 Å². The number of carboxylic acid groups (broad SMARTS) is 1. The maximum Gasteiger partial charge on any atom is 0.341 e. The fraction of sp³-hybridized carbons (Fsp3) is 0.667. The van der Waals surface area contributed by atoms with Gasteiger partial charge in [0.05, 0.1) is 0 Å². The predicted molar refractivity (Wildman–Crippen MR) is 35.9 cm³/mol. The van der Waals surface area contributed by atoms with E-state index in [1.165, 1.54) is 0 Å². The van der Waals surface area contributed by atoms with Crippen LogP contribution in [0.15, 0.2) is 0 Å². The minimum absolute atomic E-state index is 0.0262.